The monoisotopic (exact) mass is 182 g/mol. The number of aryl methyl sites for hydroxylation is 1. The standard InChI is InChI=1S/C8H10N2O3/c1-4-6(3-9-13)10-5(2)7(4)8(11)12/h3,10,13H,1-2H3,(H,11,12)/b9-3+. The minimum Gasteiger partial charge on any atom is -0.478 e. The number of carboxylic acids is 1. The Hall–Kier alpha value is -1.78. The van der Waals surface area contributed by atoms with Gasteiger partial charge in [-0.1, -0.05) is 5.16 Å². The van der Waals surface area contributed by atoms with Crippen molar-refractivity contribution in [3.8, 4) is 0 Å². The molecule has 0 spiro atoms. The van der Waals surface area contributed by atoms with Crippen molar-refractivity contribution >= 4 is 12.2 Å². The molecule has 0 fully saturated rings. The third kappa shape index (κ3) is 1.53. The van der Waals surface area contributed by atoms with Gasteiger partial charge in [0.1, 0.15) is 0 Å². The van der Waals surface area contributed by atoms with Gasteiger partial charge in [-0.25, -0.2) is 4.79 Å². The first-order valence-corrected chi connectivity index (χ1v) is 3.67. The highest BCUT2D eigenvalue weighted by atomic mass is 16.4. The number of aromatic carboxylic acids is 1. The summed E-state index contributed by atoms with van der Waals surface area (Å²) >= 11 is 0. The number of aromatic nitrogens is 1. The molecular weight excluding hydrogens is 172 g/mol. The van der Waals surface area contributed by atoms with Crippen LogP contribution in [0.2, 0.25) is 0 Å². The second-order valence-corrected chi connectivity index (χ2v) is 2.71. The molecular formula is C8H10N2O3. The zero-order valence-corrected chi connectivity index (χ0v) is 7.33. The van der Waals surface area contributed by atoms with Crippen molar-refractivity contribution in [1.82, 2.24) is 4.98 Å². The minimum atomic E-state index is -0.983. The Labute approximate surface area is 74.7 Å². The van der Waals surface area contributed by atoms with Gasteiger partial charge in [-0.2, -0.15) is 0 Å². The molecule has 3 N–H and O–H groups in total. The molecule has 0 aliphatic heterocycles. The van der Waals surface area contributed by atoms with E-state index >= 15 is 0 Å². The highest BCUT2D eigenvalue weighted by Crippen LogP contribution is 2.16. The lowest BCUT2D eigenvalue weighted by molar-refractivity contribution is 0.0695. The van der Waals surface area contributed by atoms with Crippen molar-refractivity contribution in [2.75, 3.05) is 0 Å². The highest BCUT2D eigenvalue weighted by molar-refractivity contribution is 5.94. The largest absolute Gasteiger partial charge is 0.478 e. The second kappa shape index (κ2) is 3.30. The smallest absolute Gasteiger partial charge is 0.337 e. The quantitative estimate of drug-likeness (QED) is 0.364. The van der Waals surface area contributed by atoms with Crippen molar-refractivity contribution in [1.29, 1.82) is 0 Å². The molecule has 0 saturated carbocycles. The Morgan fingerprint density at radius 1 is 1.54 bits per heavy atom. The fourth-order valence-electron chi connectivity index (χ4n) is 1.28. The number of hydrogen-bond acceptors (Lipinski definition) is 3. The average Bonchev–Trinajstić information content (AvgIpc) is 2.28. The van der Waals surface area contributed by atoms with Crippen LogP contribution in [-0.2, 0) is 0 Å². The van der Waals surface area contributed by atoms with Crippen LogP contribution in [0.4, 0.5) is 0 Å². The maximum atomic E-state index is 10.7. The van der Waals surface area contributed by atoms with Crippen LogP contribution in [0.25, 0.3) is 0 Å². The molecule has 13 heavy (non-hydrogen) atoms. The van der Waals surface area contributed by atoms with Gasteiger partial charge in [-0.15, -0.1) is 0 Å². The highest BCUT2D eigenvalue weighted by Gasteiger charge is 2.15. The first-order valence-electron chi connectivity index (χ1n) is 3.67. The molecule has 0 atom stereocenters. The fraction of sp³-hybridized carbons (Fsp3) is 0.250. The van der Waals surface area contributed by atoms with Crippen molar-refractivity contribution in [2.24, 2.45) is 5.16 Å². The maximum absolute atomic E-state index is 10.7. The van der Waals surface area contributed by atoms with E-state index in [-0.39, 0.29) is 5.56 Å². The summed E-state index contributed by atoms with van der Waals surface area (Å²) in [4.78, 5) is 13.5. The van der Waals surface area contributed by atoms with Gasteiger partial charge in [0.2, 0.25) is 0 Å². The number of H-pyrrole nitrogens is 1. The molecule has 0 bridgehead atoms. The van der Waals surface area contributed by atoms with Crippen molar-refractivity contribution in [3.63, 3.8) is 0 Å². The molecule has 0 aromatic carbocycles. The number of carboxylic acid groups (broad SMARTS) is 1. The second-order valence-electron chi connectivity index (χ2n) is 2.71. The van der Waals surface area contributed by atoms with Gasteiger partial charge in [-0.3, -0.25) is 0 Å². The number of rotatable bonds is 2. The molecule has 1 rings (SSSR count). The Balaban J connectivity index is 3.30. The van der Waals surface area contributed by atoms with E-state index in [1.807, 2.05) is 0 Å². The van der Waals surface area contributed by atoms with Crippen LogP contribution in [0, 0.1) is 13.8 Å². The van der Waals surface area contributed by atoms with Crippen molar-refractivity contribution < 1.29 is 15.1 Å². The summed E-state index contributed by atoms with van der Waals surface area (Å²) in [5.41, 5.74) is 1.87. The van der Waals surface area contributed by atoms with E-state index in [2.05, 4.69) is 10.1 Å². The van der Waals surface area contributed by atoms with E-state index in [0.717, 1.165) is 0 Å². The molecule has 5 heteroatoms. The molecule has 1 heterocycles. The Bertz CT molecular complexity index is 366. The molecule has 0 aliphatic carbocycles. The number of nitrogens with one attached hydrogen (secondary N) is 1. The SMILES string of the molecule is Cc1[nH]c(/C=N/O)c(C)c1C(=O)O. The molecule has 1 aromatic rings. The average molecular weight is 182 g/mol. The summed E-state index contributed by atoms with van der Waals surface area (Å²) in [5, 5.41) is 19.9. The molecule has 70 valence electrons. The van der Waals surface area contributed by atoms with Crippen LogP contribution < -0.4 is 0 Å². The lowest BCUT2D eigenvalue weighted by Gasteiger charge is -1.92. The third-order valence-electron chi connectivity index (χ3n) is 1.88. The maximum Gasteiger partial charge on any atom is 0.337 e. The van der Waals surface area contributed by atoms with Gasteiger partial charge < -0.3 is 15.3 Å². The van der Waals surface area contributed by atoms with E-state index in [1.165, 1.54) is 6.21 Å². The molecule has 0 radical (unpaired) electrons. The lowest BCUT2D eigenvalue weighted by atomic mass is 10.1. The van der Waals surface area contributed by atoms with Crippen LogP contribution in [0.15, 0.2) is 5.16 Å². The minimum absolute atomic E-state index is 0.231. The van der Waals surface area contributed by atoms with Gasteiger partial charge in [0, 0.05) is 5.69 Å². The number of nitrogens with zero attached hydrogens (tertiary/aromatic N) is 1. The van der Waals surface area contributed by atoms with Gasteiger partial charge in [0.05, 0.1) is 17.5 Å². The van der Waals surface area contributed by atoms with Gasteiger partial charge in [-0.05, 0) is 19.4 Å². The summed E-state index contributed by atoms with van der Waals surface area (Å²) in [5.74, 6) is -0.983. The number of aromatic amines is 1. The summed E-state index contributed by atoms with van der Waals surface area (Å²) in [6.45, 7) is 3.31. The van der Waals surface area contributed by atoms with Crippen LogP contribution in [0.3, 0.4) is 0 Å². The van der Waals surface area contributed by atoms with Crippen molar-refractivity contribution in [2.45, 2.75) is 13.8 Å². The first-order chi connectivity index (χ1) is 6.07. The number of oxime groups is 1. The Kier molecular flexibility index (Phi) is 2.36. The lowest BCUT2D eigenvalue weighted by Crippen LogP contribution is -1.99. The van der Waals surface area contributed by atoms with Crippen LogP contribution in [-0.4, -0.2) is 27.5 Å². The van der Waals surface area contributed by atoms with E-state index in [0.29, 0.717) is 17.0 Å². The molecule has 1 aromatic heterocycles. The third-order valence-corrected chi connectivity index (χ3v) is 1.88. The zero-order valence-electron chi connectivity index (χ0n) is 7.33. The topological polar surface area (TPSA) is 85.7 Å². The van der Waals surface area contributed by atoms with Gasteiger partial charge in [0.15, 0.2) is 0 Å². The number of hydrogen-bond donors (Lipinski definition) is 3. The zero-order chi connectivity index (χ0) is 10.0. The first kappa shape index (κ1) is 9.31. The predicted molar refractivity (Wildman–Crippen MR) is 46.6 cm³/mol. The normalized spacial score (nSPS) is 10.9. The van der Waals surface area contributed by atoms with Crippen molar-refractivity contribution in [3.05, 3.63) is 22.5 Å². The Morgan fingerprint density at radius 2 is 2.15 bits per heavy atom. The summed E-state index contributed by atoms with van der Waals surface area (Å²) in [7, 11) is 0. The van der Waals surface area contributed by atoms with Gasteiger partial charge in [0.25, 0.3) is 0 Å². The van der Waals surface area contributed by atoms with Gasteiger partial charge >= 0.3 is 5.97 Å². The molecule has 0 saturated heterocycles. The molecule has 0 amide bonds. The molecule has 0 unspecified atom stereocenters. The summed E-state index contributed by atoms with van der Waals surface area (Å²) < 4.78 is 0. The van der Waals surface area contributed by atoms with Crippen LogP contribution in [0.5, 0.6) is 0 Å². The predicted octanol–water partition coefficient (Wildman–Crippen LogP) is 1.14. The van der Waals surface area contributed by atoms with Crippen LogP contribution in [0.1, 0.15) is 27.3 Å². The molecule has 5 nitrogen and oxygen atoms in total. The van der Waals surface area contributed by atoms with E-state index in [4.69, 9.17) is 10.3 Å². The summed E-state index contributed by atoms with van der Waals surface area (Å²) in [6.07, 6.45) is 1.18. The van der Waals surface area contributed by atoms with E-state index < -0.39 is 5.97 Å². The van der Waals surface area contributed by atoms with E-state index in [9.17, 15) is 4.79 Å². The fourth-order valence-corrected chi connectivity index (χ4v) is 1.28. The molecule has 0 aliphatic rings. The number of carbonyl (C=O) groups is 1. The van der Waals surface area contributed by atoms with E-state index in [1.54, 1.807) is 13.8 Å². The Morgan fingerprint density at radius 3 is 2.54 bits per heavy atom. The summed E-state index contributed by atoms with van der Waals surface area (Å²) in [6, 6.07) is 0. The van der Waals surface area contributed by atoms with Crippen LogP contribution >= 0.6 is 0 Å².